The largest absolute Gasteiger partial charge is 0.498 e. The molecule has 8 heteroatoms. The van der Waals surface area contributed by atoms with Crippen LogP contribution in [-0.4, -0.2) is 39.1 Å². The Morgan fingerprint density at radius 1 is 1.19 bits per heavy atom. The van der Waals surface area contributed by atoms with Crippen LogP contribution in [0.2, 0.25) is 0 Å². The lowest BCUT2D eigenvalue weighted by molar-refractivity contribution is 0.00578. The third kappa shape index (κ3) is 4.18. The van der Waals surface area contributed by atoms with Gasteiger partial charge in [0.2, 0.25) is 10.0 Å². The highest BCUT2D eigenvalue weighted by atomic mass is 32.2. The van der Waals surface area contributed by atoms with Gasteiger partial charge in [-0.1, -0.05) is 0 Å². The zero-order valence-corrected chi connectivity index (χ0v) is 17.0. The molecular weight excluding hydrogens is 353 g/mol. The zero-order chi connectivity index (χ0) is 19.2. The summed E-state index contributed by atoms with van der Waals surface area (Å²) in [5, 5.41) is 0. The van der Waals surface area contributed by atoms with Gasteiger partial charge in [-0.3, -0.25) is 4.72 Å². The molecule has 1 saturated heterocycles. The second-order valence-corrected chi connectivity index (χ2v) is 10.1. The summed E-state index contributed by atoms with van der Waals surface area (Å²) in [6.45, 7) is 10.2. The third-order valence-electron chi connectivity index (χ3n) is 5.34. The van der Waals surface area contributed by atoms with Crippen molar-refractivity contribution in [3.63, 3.8) is 0 Å². The summed E-state index contributed by atoms with van der Waals surface area (Å²) in [5.41, 5.74) is 0.227. The first-order valence-corrected chi connectivity index (χ1v) is 10.8. The summed E-state index contributed by atoms with van der Waals surface area (Å²) in [6, 6.07) is 5.25. The molecule has 0 aromatic heterocycles. The third-order valence-corrected chi connectivity index (χ3v) is 6.65. The van der Waals surface area contributed by atoms with Crippen molar-refractivity contribution in [2.75, 3.05) is 17.1 Å². The number of ether oxygens (including phenoxy) is 1. The molecule has 1 N–H and O–H groups in total. The number of sulfonamides is 1. The molecule has 1 aromatic rings. The maximum absolute atomic E-state index is 11.9. The molecule has 1 heterocycles. The van der Waals surface area contributed by atoms with Gasteiger partial charge in [0, 0.05) is 11.2 Å². The minimum Gasteiger partial charge on any atom is -0.494 e. The van der Waals surface area contributed by atoms with Gasteiger partial charge in [0.1, 0.15) is 5.75 Å². The number of hydrogen-bond donors (Lipinski definition) is 1. The van der Waals surface area contributed by atoms with Gasteiger partial charge in [0.05, 0.1) is 23.6 Å². The molecule has 0 unspecified atom stereocenters. The van der Waals surface area contributed by atoms with E-state index in [4.69, 9.17) is 14.0 Å². The SMILES string of the molecule is CCS(=O)(=O)Nc1ccc(OCC2CC2)c(B2OC(C)(C)C(C)(C)O2)c1. The van der Waals surface area contributed by atoms with Gasteiger partial charge in [0.25, 0.3) is 0 Å². The zero-order valence-electron chi connectivity index (χ0n) is 16.2. The number of anilines is 1. The molecule has 26 heavy (non-hydrogen) atoms. The molecular formula is C18H28BNO5S. The van der Waals surface area contributed by atoms with E-state index in [9.17, 15) is 8.42 Å². The van der Waals surface area contributed by atoms with Crippen molar-refractivity contribution in [2.45, 2.75) is 58.7 Å². The van der Waals surface area contributed by atoms with Crippen molar-refractivity contribution < 1.29 is 22.5 Å². The molecule has 144 valence electrons. The second-order valence-electron chi connectivity index (χ2n) is 8.10. The molecule has 3 rings (SSSR count). The monoisotopic (exact) mass is 381 g/mol. The van der Waals surface area contributed by atoms with E-state index >= 15 is 0 Å². The Morgan fingerprint density at radius 3 is 2.35 bits per heavy atom. The molecule has 2 aliphatic rings. The average molecular weight is 381 g/mol. The van der Waals surface area contributed by atoms with Crippen LogP contribution < -0.4 is 14.9 Å². The lowest BCUT2D eigenvalue weighted by Crippen LogP contribution is -2.41. The maximum Gasteiger partial charge on any atom is 0.498 e. The predicted molar refractivity (Wildman–Crippen MR) is 103 cm³/mol. The van der Waals surface area contributed by atoms with Crippen LogP contribution in [0.25, 0.3) is 0 Å². The van der Waals surface area contributed by atoms with Gasteiger partial charge in [-0.2, -0.15) is 0 Å². The van der Waals surface area contributed by atoms with Gasteiger partial charge in [-0.15, -0.1) is 0 Å². The molecule has 0 spiro atoms. The molecule has 1 aromatic carbocycles. The number of rotatable bonds is 7. The topological polar surface area (TPSA) is 73.9 Å². The van der Waals surface area contributed by atoms with E-state index in [-0.39, 0.29) is 5.75 Å². The second kappa shape index (κ2) is 6.73. The van der Waals surface area contributed by atoms with E-state index in [2.05, 4.69) is 4.72 Å². The fourth-order valence-electron chi connectivity index (χ4n) is 2.64. The van der Waals surface area contributed by atoms with Gasteiger partial charge >= 0.3 is 7.12 Å². The Bertz CT molecular complexity index is 758. The summed E-state index contributed by atoms with van der Waals surface area (Å²) < 4.78 is 44.7. The Kier molecular flexibility index (Phi) is 5.05. The summed E-state index contributed by atoms with van der Waals surface area (Å²) in [4.78, 5) is 0. The van der Waals surface area contributed by atoms with Crippen LogP contribution in [0.3, 0.4) is 0 Å². The molecule has 1 aliphatic heterocycles. The van der Waals surface area contributed by atoms with E-state index in [0.717, 1.165) is 0 Å². The van der Waals surface area contributed by atoms with Crippen LogP contribution in [0.1, 0.15) is 47.5 Å². The highest BCUT2D eigenvalue weighted by Gasteiger charge is 2.52. The van der Waals surface area contributed by atoms with Crippen molar-refractivity contribution in [1.82, 2.24) is 0 Å². The van der Waals surface area contributed by atoms with E-state index in [1.165, 1.54) is 12.8 Å². The first kappa shape index (κ1) is 19.5. The van der Waals surface area contributed by atoms with Crippen molar-refractivity contribution >= 4 is 28.3 Å². The highest BCUT2D eigenvalue weighted by molar-refractivity contribution is 7.92. The van der Waals surface area contributed by atoms with E-state index < -0.39 is 28.3 Å². The van der Waals surface area contributed by atoms with E-state index in [1.807, 2.05) is 27.7 Å². The highest BCUT2D eigenvalue weighted by Crippen LogP contribution is 2.37. The molecule has 0 radical (unpaired) electrons. The summed E-state index contributed by atoms with van der Waals surface area (Å²) in [6.07, 6.45) is 2.39. The van der Waals surface area contributed by atoms with Crippen LogP contribution in [-0.2, 0) is 19.3 Å². The van der Waals surface area contributed by atoms with Crippen molar-refractivity contribution in [3.05, 3.63) is 18.2 Å². The lowest BCUT2D eigenvalue weighted by Gasteiger charge is -2.32. The standard InChI is InChI=1S/C18H28BNO5S/c1-6-26(21,22)20-14-9-10-16(23-12-13-7-8-13)15(11-14)19-24-17(2,3)18(4,5)25-19/h9-11,13,20H,6-8,12H2,1-5H3. The van der Waals surface area contributed by atoms with Crippen LogP contribution in [0.4, 0.5) is 5.69 Å². The van der Waals surface area contributed by atoms with Gasteiger partial charge in [-0.25, -0.2) is 8.42 Å². The van der Waals surface area contributed by atoms with Crippen molar-refractivity contribution in [2.24, 2.45) is 5.92 Å². The predicted octanol–water partition coefficient (Wildman–Crippen LogP) is 2.54. The smallest absolute Gasteiger partial charge is 0.494 e. The minimum atomic E-state index is -3.36. The lowest BCUT2D eigenvalue weighted by atomic mass is 9.78. The van der Waals surface area contributed by atoms with E-state index in [1.54, 1.807) is 25.1 Å². The average Bonchev–Trinajstić information content (AvgIpc) is 3.33. The van der Waals surface area contributed by atoms with Crippen molar-refractivity contribution in [3.8, 4) is 5.75 Å². The molecule has 1 aliphatic carbocycles. The maximum atomic E-state index is 11.9. The van der Waals surface area contributed by atoms with Gasteiger partial charge < -0.3 is 14.0 Å². The minimum absolute atomic E-state index is 0.0127. The number of hydrogen-bond acceptors (Lipinski definition) is 5. The summed E-state index contributed by atoms with van der Waals surface area (Å²) in [7, 11) is -3.97. The molecule has 0 atom stereocenters. The first-order chi connectivity index (χ1) is 12.0. The summed E-state index contributed by atoms with van der Waals surface area (Å²) >= 11 is 0. The molecule has 2 fully saturated rings. The Labute approximate surface area is 156 Å². The number of nitrogens with one attached hydrogen (secondary N) is 1. The van der Waals surface area contributed by atoms with Gasteiger partial charge in [-0.05, 0) is 71.6 Å². The molecule has 0 bridgehead atoms. The van der Waals surface area contributed by atoms with E-state index in [0.29, 0.717) is 29.4 Å². The van der Waals surface area contributed by atoms with Crippen LogP contribution in [0, 0.1) is 5.92 Å². The van der Waals surface area contributed by atoms with Gasteiger partial charge in [0.15, 0.2) is 0 Å². The van der Waals surface area contributed by atoms with Crippen LogP contribution in [0.5, 0.6) is 5.75 Å². The summed E-state index contributed by atoms with van der Waals surface area (Å²) in [5.74, 6) is 1.30. The Hall–Kier alpha value is -1.25. The quantitative estimate of drug-likeness (QED) is 0.735. The fraction of sp³-hybridized carbons (Fsp3) is 0.667. The number of benzene rings is 1. The Balaban J connectivity index is 1.90. The molecule has 1 saturated carbocycles. The first-order valence-electron chi connectivity index (χ1n) is 9.16. The normalized spacial score (nSPS) is 21.7. The molecule has 0 amide bonds. The van der Waals surface area contributed by atoms with Crippen molar-refractivity contribution in [1.29, 1.82) is 0 Å². The van der Waals surface area contributed by atoms with Crippen LogP contribution >= 0.6 is 0 Å². The van der Waals surface area contributed by atoms with Crippen LogP contribution in [0.15, 0.2) is 18.2 Å². The fourth-order valence-corrected chi connectivity index (χ4v) is 3.27. The molecule has 6 nitrogen and oxygen atoms in total. The Morgan fingerprint density at radius 2 is 1.81 bits per heavy atom.